The second kappa shape index (κ2) is 6.63. The van der Waals surface area contributed by atoms with Crippen molar-refractivity contribution < 1.29 is 9.53 Å². The summed E-state index contributed by atoms with van der Waals surface area (Å²) in [4.78, 5) is 31.0. The summed E-state index contributed by atoms with van der Waals surface area (Å²) in [5, 5.41) is 1.06. The molecule has 0 unspecified atom stereocenters. The number of hydrogen-bond donors (Lipinski definition) is 0. The summed E-state index contributed by atoms with van der Waals surface area (Å²) in [7, 11) is 1.64. The van der Waals surface area contributed by atoms with E-state index in [1.807, 2.05) is 36.4 Å². The number of benzene rings is 1. The van der Waals surface area contributed by atoms with Crippen LogP contribution in [0.2, 0.25) is 0 Å². The van der Waals surface area contributed by atoms with Crippen molar-refractivity contribution in [3.8, 4) is 5.88 Å². The molecule has 6 nitrogen and oxygen atoms in total. The summed E-state index contributed by atoms with van der Waals surface area (Å²) in [5.41, 5.74) is 0.793. The first-order valence-electron chi connectivity index (χ1n) is 8.59. The average Bonchev–Trinajstić information content (AvgIpc) is 3.12. The van der Waals surface area contributed by atoms with E-state index >= 15 is 0 Å². The molecule has 0 spiro atoms. The maximum Gasteiger partial charge on any atom is 0.263 e. The molecule has 2 aromatic heterocycles. The predicted molar refractivity (Wildman–Crippen MR) is 98.4 cm³/mol. The molecule has 0 aliphatic carbocycles. The standard InChI is InChI=1S/C20H19N3O3/c1-22-11-4-6-16(19(22)24)20(25)23-12-10-15(13-23)26-18-9-8-14-5-2-3-7-17(14)21-18/h2-9,11,15H,10,12-13H2,1H3/t15-/m0/s1. The van der Waals surface area contributed by atoms with Gasteiger partial charge in [0, 0.05) is 37.7 Å². The van der Waals surface area contributed by atoms with Crippen LogP contribution in [0.15, 0.2) is 59.5 Å². The Labute approximate surface area is 150 Å². The van der Waals surface area contributed by atoms with Gasteiger partial charge in [-0.15, -0.1) is 0 Å². The van der Waals surface area contributed by atoms with Gasteiger partial charge in [0.2, 0.25) is 5.88 Å². The Kier molecular flexibility index (Phi) is 4.16. The predicted octanol–water partition coefficient (Wildman–Crippen LogP) is 2.23. The molecule has 1 aliphatic rings. The van der Waals surface area contributed by atoms with E-state index in [1.54, 1.807) is 30.3 Å². The van der Waals surface area contributed by atoms with Gasteiger partial charge >= 0.3 is 0 Å². The fraction of sp³-hybridized carbons (Fsp3) is 0.250. The minimum Gasteiger partial charge on any atom is -0.472 e. The number of aromatic nitrogens is 2. The number of pyridine rings is 2. The quantitative estimate of drug-likeness (QED) is 0.727. The van der Waals surface area contributed by atoms with Gasteiger partial charge in [-0.3, -0.25) is 9.59 Å². The summed E-state index contributed by atoms with van der Waals surface area (Å²) < 4.78 is 7.38. The third kappa shape index (κ3) is 3.06. The van der Waals surface area contributed by atoms with Gasteiger partial charge in [-0.05, 0) is 24.3 Å². The Morgan fingerprint density at radius 3 is 2.88 bits per heavy atom. The molecule has 1 aromatic carbocycles. The van der Waals surface area contributed by atoms with Gasteiger partial charge in [0.25, 0.3) is 11.5 Å². The average molecular weight is 349 g/mol. The van der Waals surface area contributed by atoms with Gasteiger partial charge in [-0.2, -0.15) is 0 Å². The van der Waals surface area contributed by atoms with Gasteiger partial charge in [0.15, 0.2) is 0 Å². The molecule has 3 heterocycles. The van der Waals surface area contributed by atoms with E-state index in [2.05, 4.69) is 4.98 Å². The third-order valence-electron chi connectivity index (χ3n) is 4.65. The lowest BCUT2D eigenvalue weighted by Gasteiger charge is -2.17. The van der Waals surface area contributed by atoms with Crippen LogP contribution in [-0.2, 0) is 7.05 Å². The monoisotopic (exact) mass is 349 g/mol. The normalized spacial score (nSPS) is 16.8. The lowest BCUT2D eigenvalue weighted by Crippen LogP contribution is -2.35. The van der Waals surface area contributed by atoms with Crippen molar-refractivity contribution in [1.29, 1.82) is 0 Å². The van der Waals surface area contributed by atoms with E-state index in [0.717, 1.165) is 10.9 Å². The van der Waals surface area contributed by atoms with E-state index in [1.165, 1.54) is 4.57 Å². The lowest BCUT2D eigenvalue weighted by atomic mass is 10.2. The molecular formula is C20H19N3O3. The van der Waals surface area contributed by atoms with Crippen LogP contribution >= 0.6 is 0 Å². The van der Waals surface area contributed by atoms with Crippen molar-refractivity contribution in [1.82, 2.24) is 14.5 Å². The highest BCUT2D eigenvalue weighted by atomic mass is 16.5. The number of aryl methyl sites for hydroxylation is 1. The molecule has 0 radical (unpaired) electrons. The molecule has 6 heteroatoms. The molecule has 0 N–H and O–H groups in total. The molecule has 26 heavy (non-hydrogen) atoms. The Bertz CT molecular complexity index is 1030. The lowest BCUT2D eigenvalue weighted by molar-refractivity contribution is 0.0769. The van der Waals surface area contributed by atoms with Crippen molar-refractivity contribution in [2.45, 2.75) is 12.5 Å². The number of amides is 1. The van der Waals surface area contributed by atoms with Crippen LogP contribution in [-0.4, -0.2) is 39.6 Å². The molecule has 132 valence electrons. The molecule has 3 aromatic rings. The highest BCUT2D eigenvalue weighted by Crippen LogP contribution is 2.21. The number of carbonyl (C=O) groups excluding carboxylic acids is 1. The first kappa shape index (κ1) is 16.3. The van der Waals surface area contributed by atoms with Gasteiger partial charge in [-0.25, -0.2) is 4.98 Å². The fourth-order valence-corrected chi connectivity index (χ4v) is 3.22. The Morgan fingerprint density at radius 2 is 2.00 bits per heavy atom. The van der Waals surface area contributed by atoms with Crippen molar-refractivity contribution in [2.24, 2.45) is 7.05 Å². The Balaban J connectivity index is 1.47. The molecule has 0 bridgehead atoms. The van der Waals surface area contributed by atoms with Crippen LogP contribution in [0.4, 0.5) is 0 Å². The Morgan fingerprint density at radius 1 is 1.15 bits per heavy atom. The number of fused-ring (bicyclic) bond motifs is 1. The summed E-state index contributed by atoms with van der Waals surface area (Å²) in [6, 6.07) is 15.0. The van der Waals surface area contributed by atoms with E-state index in [-0.39, 0.29) is 23.1 Å². The SMILES string of the molecule is Cn1cccc(C(=O)N2CC[C@H](Oc3ccc4ccccc4n3)C2)c1=O. The topological polar surface area (TPSA) is 64.4 Å². The molecular weight excluding hydrogens is 330 g/mol. The zero-order valence-corrected chi connectivity index (χ0v) is 14.5. The largest absolute Gasteiger partial charge is 0.472 e. The van der Waals surface area contributed by atoms with Gasteiger partial charge in [0.1, 0.15) is 11.7 Å². The zero-order valence-electron chi connectivity index (χ0n) is 14.5. The van der Waals surface area contributed by atoms with Crippen LogP contribution in [0, 0.1) is 0 Å². The highest BCUT2D eigenvalue weighted by Gasteiger charge is 2.29. The van der Waals surface area contributed by atoms with Crippen LogP contribution in [0.25, 0.3) is 10.9 Å². The van der Waals surface area contributed by atoms with Crippen LogP contribution in [0.3, 0.4) is 0 Å². The van der Waals surface area contributed by atoms with Gasteiger partial charge in [0.05, 0.1) is 12.1 Å². The minimum atomic E-state index is -0.280. The van der Waals surface area contributed by atoms with E-state index in [4.69, 9.17) is 4.74 Å². The summed E-state index contributed by atoms with van der Waals surface area (Å²) in [5.74, 6) is 0.308. The number of rotatable bonds is 3. The number of likely N-dealkylation sites (tertiary alicyclic amines) is 1. The molecule has 0 saturated carbocycles. The second-order valence-corrected chi connectivity index (χ2v) is 6.46. The van der Waals surface area contributed by atoms with Crippen LogP contribution < -0.4 is 10.3 Å². The molecule has 1 aliphatic heterocycles. The van der Waals surface area contributed by atoms with Gasteiger partial charge in [-0.1, -0.05) is 18.2 Å². The van der Waals surface area contributed by atoms with Crippen molar-refractivity contribution >= 4 is 16.8 Å². The van der Waals surface area contributed by atoms with Crippen molar-refractivity contribution in [3.05, 3.63) is 70.6 Å². The molecule has 1 atom stereocenters. The molecule has 1 saturated heterocycles. The molecule has 4 rings (SSSR count). The molecule has 1 amide bonds. The maximum absolute atomic E-state index is 12.6. The van der Waals surface area contributed by atoms with Crippen molar-refractivity contribution in [3.63, 3.8) is 0 Å². The van der Waals surface area contributed by atoms with E-state index in [9.17, 15) is 9.59 Å². The fourth-order valence-electron chi connectivity index (χ4n) is 3.22. The van der Waals surface area contributed by atoms with Crippen LogP contribution in [0.5, 0.6) is 5.88 Å². The van der Waals surface area contributed by atoms with Crippen molar-refractivity contribution in [2.75, 3.05) is 13.1 Å². The number of ether oxygens (including phenoxy) is 1. The second-order valence-electron chi connectivity index (χ2n) is 6.46. The number of carbonyl (C=O) groups is 1. The summed E-state index contributed by atoms with van der Waals surface area (Å²) in [6.45, 7) is 1.01. The van der Waals surface area contributed by atoms with Gasteiger partial charge < -0.3 is 14.2 Å². The van der Waals surface area contributed by atoms with E-state index in [0.29, 0.717) is 25.4 Å². The van der Waals surface area contributed by atoms with E-state index < -0.39 is 0 Å². The minimum absolute atomic E-state index is 0.125. The summed E-state index contributed by atoms with van der Waals surface area (Å²) >= 11 is 0. The smallest absolute Gasteiger partial charge is 0.263 e. The highest BCUT2D eigenvalue weighted by molar-refractivity contribution is 5.94. The first-order valence-corrected chi connectivity index (χ1v) is 8.59. The molecule has 1 fully saturated rings. The summed E-state index contributed by atoms with van der Waals surface area (Å²) in [6.07, 6.45) is 2.23. The Hall–Kier alpha value is -3.15. The number of hydrogen-bond acceptors (Lipinski definition) is 4. The maximum atomic E-state index is 12.6. The zero-order chi connectivity index (χ0) is 18.1. The first-order chi connectivity index (χ1) is 12.6. The number of para-hydroxylation sites is 1. The number of nitrogens with zero attached hydrogens (tertiary/aromatic N) is 3. The third-order valence-corrected chi connectivity index (χ3v) is 4.65. The van der Waals surface area contributed by atoms with Crippen LogP contribution in [0.1, 0.15) is 16.8 Å².